The maximum Gasteiger partial charge on any atom is 0.358 e. The number of carbonyl (C=O) groups is 1. The van der Waals surface area contributed by atoms with Gasteiger partial charge in [0.05, 0.1) is 12.2 Å². The molecule has 0 fully saturated rings. The smallest absolute Gasteiger partial charge is 0.358 e. The van der Waals surface area contributed by atoms with Crippen LogP contribution in [0.1, 0.15) is 28.5 Å². The van der Waals surface area contributed by atoms with Crippen LogP contribution >= 0.6 is 0 Å². The molecule has 2 N–H and O–H groups in total. The number of ether oxygens (including phenoxy) is 1. The number of anilines is 1. The normalized spacial score (nSPS) is 9.59. The van der Waals surface area contributed by atoms with Crippen LogP contribution in [0.5, 0.6) is 0 Å². The Balaban J connectivity index is 2.83. The zero-order chi connectivity index (χ0) is 16.1. The maximum atomic E-state index is 12.0. The third-order valence-electron chi connectivity index (χ3n) is 2.98. The summed E-state index contributed by atoms with van der Waals surface area (Å²) in [6.45, 7) is 1.79. The van der Waals surface area contributed by atoms with Crippen LogP contribution < -0.4 is 5.73 Å². The van der Waals surface area contributed by atoms with Gasteiger partial charge in [-0.15, -0.1) is 0 Å². The number of aromatic nitrogens is 1. The van der Waals surface area contributed by atoms with Gasteiger partial charge in [0.15, 0.2) is 5.69 Å². The standard InChI is InChI=1S/C16H12N4O2/c1-2-22-16(21)14-11(8-17)13(10-6-4-3-5-7-10)12(9-18)15(19)20-14/h3-7H,2H2,1H3,(H2,19,20). The zero-order valence-electron chi connectivity index (χ0n) is 11.8. The highest BCUT2D eigenvalue weighted by Crippen LogP contribution is 2.31. The summed E-state index contributed by atoms with van der Waals surface area (Å²) in [7, 11) is 0. The van der Waals surface area contributed by atoms with Crippen molar-refractivity contribution in [3.8, 4) is 23.3 Å². The van der Waals surface area contributed by atoms with Crippen LogP contribution in [0.2, 0.25) is 0 Å². The van der Waals surface area contributed by atoms with E-state index in [9.17, 15) is 15.3 Å². The SMILES string of the molecule is CCOC(=O)c1nc(N)c(C#N)c(-c2ccccc2)c1C#N. The monoisotopic (exact) mass is 292 g/mol. The van der Waals surface area contributed by atoms with Crippen LogP contribution in [0.25, 0.3) is 11.1 Å². The van der Waals surface area contributed by atoms with Gasteiger partial charge in [-0.05, 0) is 12.5 Å². The van der Waals surface area contributed by atoms with Gasteiger partial charge < -0.3 is 10.5 Å². The quantitative estimate of drug-likeness (QED) is 0.868. The molecule has 0 amide bonds. The Hall–Kier alpha value is -3.38. The summed E-state index contributed by atoms with van der Waals surface area (Å²) >= 11 is 0. The summed E-state index contributed by atoms with van der Waals surface area (Å²) in [4.78, 5) is 15.9. The summed E-state index contributed by atoms with van der Waals surface area (Å²) < 4.78 is 4.90. The van der Waals surface area contributed by atoms with Gasteiger partial charge in [-0.25, -0.2) is 9.78 Å². The van der Waals surface area contributed by atoms with E-state index < -0.39 is 5.97 Å². The number of nitrogens with zero attached hydrogens (tertiary/aromatic N) is 3. The molecular weight excluding hydrogens is 280 g/mol. The predicted octanol–water partition coefficient (Wildman–Crippen LogP) is 2.25. The van der Waals surface area contributed by atoms with Crippen LogP contribution in [0, 0.1) is 22.7 Å². The number of carbonyl (C=O) groups excluding carboxylic acids is 1. The van der Waals surface area contributed by atoms with Crippen LogP contribution in [0.3, 0.4) is 0 Å². The number of nitrogens with two attached hydrogens (primary N) is 1. The number of esters is 1. The number of benzene rings is 1. The third kappa shape index (κ3) is 2.58. The summed E-state index contributed by atoms with van der Waals surface area (Å²) in [5.41, 5.74) is 6.54. The highest BCUT2D eigenvalue weighted by molar-refractivity contribution is 5.95. The highest BCUT2D eigenvalue weighted by atomic mass is 16.5. The van der Waals surface area contributed by atoms with Gasteiger partial charge in [0.1, 0.15) is 23.5 Å². The lowest BCUT2D eigenvalue weighted by molar-refractivity contribution is 0.0519. The van der Waals surface area contributed by atoms with E-state index >= 15 is 0 Å². The summed E-state index contributed by atoms with van der Waals surface area (Å²) in [5.74, 6) is -0.851. The fourth-order valence-corrected chi connectivity index (χ4v) is 2.07. The van der Waals surface area contributed by atoms with Crippen molar-refractivity contribution in [3.63, 3.8) is 0 Å². The molecule has 6 heteroatoms. The van der Waals surface area contributed by atoms with E-state index in [-0.39, 0.29) is 29.2 Å². The first-order valence-electron chi connectivity index (χ1n) is 6.50. The van der Waals surface area contributed by atoms with Gasteiger partial charge in [0.2, 0.25) is 0 Å². The molecule has 0 saturated carbocycles. The topological polar surface area (TPSA) is 113 Å². The molecule has 0 aliphatic carbocycles. The number of pyridine rings is 1. The van der Waals surface area contributed by atoms with Crippen molar-refractivity contribution in [3.05, 3.63) is 47.2 Å². The fourth-order valence-electron chi connectivity index (χ4n) is 2.07. The zero-order valence-corrected chi connectivity index (χ0v) is 11.8. The lowest BCUT2D eigenvalue weighted by Crippen LogP contribution is -2.13. The van der Waals surface area contributed by atoms with Crippen molar-refractivity contribution in [2.75, 3.05) is 12.3 Å². The van der Waals surface area contributed by atoms with Gasteiger partial charge in [0, 0.05) is 5.56 Å². The second-order valence-electron chi connectivity index (χ2n) is 4.28. The van der Waals surface area contributed by atoms with Crippen LogP contribution in [-0.2, 0) is 4.74 Å². The minimum absolute atomic E-state index is 0.0181. The average Bonchev–Trinajstić information content (AvgIpc) is 2.54. The third-order valence-corrected chi connectivity index (χ3v) is 2.98. The molecule has 0 unspecified atom stereocenters. The van der Waals surface area contributed by atoms with Crippen molar-refractivity contribution in [1.29, 1.82) is 10.5 Å². The molecule has 0 aliphatic heterocycles. The number of hydrogen-bond acceptors (Lipinski definition) is 6. The van der Waals surface area contributed by atoms with Crippen LogP contribution in [-0.4, -0.2) is 17.6 Å². The van der Waals surface area contributed by atoms with E-state index in [4.69, 9.17) is 10.5 Å². The number of hydrogen-bond donors (Lipinski definition) is 1. The largest absolute Gasteiger partial charge is 0.461 e. The number of nitrogen functional groups attached to an aromatic ring is 1. The second kappa shape index (κ2) is 6.38. The molecular formula is C16H12N4O2. The van der Waals surface area contributed by atoms with E-state index in [1.54, 1.807) is 37.3 Å². The number of nitriles is 2. The van der Waals surface area contributed by atoms with E-state index in [0.717, 1.165) is 0 Å². The Kier molecular flexibility index (Phi) is 4.36. The van der Waals surface area contributed by atoms with E-state index in [1.165, 1.54) is 0 Å². The Labute approximate surface area is 127 Å². The molecule has 0 radical (unpaired) electrons. The first kappa shape index (κ1) is 15.0. The lowest BCUT2D eigenvalue weighted by Gasteiger charge is -2.12. The molecule has 108 valence electrons. The Bertz CT molecular complexity index is 802. The van der Waals surface area contributed by atoms with Crippen molar-refractivity contribution < 1.29 is 9.53 Å². The Morgan fingerprint density at radius 3 is 2.41 bits per heavy atom. The molecule has 0 spiro atoms. The van der Waals surface area contributed by atoms with Crippen molar-refractivity contribution in [2.45, 2.75) is 6.92 Å². The minimum atomic E-state index is -0.743. The first-order chi connectivity index (χ1) is 10.6. The van der Waals surface area contributed by atoms with Crippen molar-refractivity contribution in [1.82, 2.24) is 4.98 Å². The molecule has 0 saturated heterocycles. The van der Waals surface area contributed by atoms with Crippen LogP contribution in [0.4, 0.5) is 5.82 Å². The van der Waals surface area contributed by atoms with Crippen molar-refractivity contribution in [2.24, 2.45) is 0 Å². The molecule has 0 aliphatic rings. The summed E-state index contributed by atoms with van der Waals surface area (Å²) in [6, 6.07) is 12.7. The van der Waals surface area contributed by atoms with E-state index in [0.29, 0.717) is 11.1 Å². The van der Waals surface area contributed by atoms with Gasteiger partial charge in [-0.1, -0.05) is 30.3 Å². The Morgan fingerprint density at radius 2 is 1.86 bits per heavy atom. The van der Waals surface area contributed by atoms with Crippen molar-refractivity contribution >= 4 is 11.8 Å². The summed E-state index contributed by atoms with van der Waals surface area (Å²) in [6.07, 6.45) is 0. The molecule has 0 atom stereocenters. The Morgan fingerprint density at radius 1 is 1.23 bits per heavy atom. The molecule has 1 aromatic heterocycles. The average molecular weight is 292 g/mol. The maximum absolute atomic E-state index is 12.0. The van der Waals surface area contributed by atoms with Crippen LogP contribution in [0.15, 0.2) is 30.3 Å². The highest BCUT2D eigenvalue weighted by Gasteiger charge is 2.24. The molecule has 2 rings (SSSR count). The first-order valence-corrected chi connectivity index (χ1v) is 6.50. The fraction of sp³-hybridized carbons (Fsp3) is 0.125. The van der Waals surface area contributed by atoms with E-state index in [2.05, 4.69) is 4.98 Å². The molecule has 1 heterocycles. The molecule has 2 aromatic rings. The summed E-state index contributed by atoms with van der Waals surface area (Å²) in [5, 5.41) is 18.8. The molecule has 1 aromatic carbocycles. The van der Waals surface area contributed by atoms with Gasteiger partial charge in [0.25, 0.3) is 0 Å². The number of rotatable bonds is 3. The predicted molar refractivity (Wildman–Crippen MR) is 79.5 cm³/mol. The molecule has 22 heavy (non-hydrogen) atoms. The van der Waals surface area contributed by atoms with Gasteiger partial charge >= 0.3 is 5.97 Å². The van der Waals surface area contributed by atoms with Gasteiger partial charge in [-0.3, -0.25) is 0 Å². The lowest BCUT2D eigenvalue weighted by atomic mass is 9.94. The second-order valence-corrected chi connectivity index (χ2v) is 4.28. The molecule has 6 nitrogen and oxygen atoms in total. The van der Waals surface area contributed by atoms with Gasteiger partial charge in [-0.2, -0.15) is 10.5 Å². The molecule has 0 bridgehead atoms. The minimum Gasteiger partial charge on any atom is -0.461 e. The van der Waals surface area contributed by atoms with E-state index in [1.807, 2.05) is 12.1 Å².